The first-order valence-corrected chi connectivity index (χ1v) is 5.68. The normalized spacial score (nSPS) is 10.6. The lowest BCUT2D eigenvalue weighted by molar-refractivity contribution is -0.384. The quantitative estimate of drug-likeness (QED) is 0.695. The lowest BCUT2D eigenvalue weighted by Crippen LogP contribution is -2.07. The van der Waals surface area contributed by atoms with Gasteiger partial charge in [0.25, 0.3) is 0 Å². The van der Waals surface area contributed by atoms with E-state index in [-0.39, 0.29) is 18.1 Å². The molecule has 0 aliphatic heterocycles. The molecule has 0 bridgehead atoms. The largest absolute Gasteiger partial charge is 0.378 e. The van der Waals surface area contributed by atoms with E-state index in [0.29, 0.717) is 10.0 Å². The van der Waals surface area contributed by atoms with Crippen molar-refractivity contribution >= 4 is 27.4 Å². The summed E-state index contributed by atoms with van der Waals surface area (Å²) in [5.74, 6) is -0.454. The second kappa shape index (κ2) is 4.73. The van der Waals surface area contributed by atoms with E-state index in [9.17, 15) is 14.5 Å². The van der Waals surface area contributed by atoms with Crippen LogP contribution in [-0.4, -0.2) is 14.7 Å². The maximum absolute atomic E-state index is 13.1. The van der Waals surface area contributed by atoms with Gasteiger partial charge in [0.15, 0.2) is 0 Å². The summed E-state index contributed by atoms with van der Waals surface area (Å²) in [4.78, 5) is 10.00. The van der Waals surface area contributed by atoms with E-state index < -0.39 is 10.7 Å². The molecule has 0 aliphatic carbocycles. The number of hydrogen-bond donors (Lipinski definition) is 1. The zero-order valence-corrected chi connectivity index (χ0v) is 10.6. The SMILES string of the molecule is Nc1c([N+](=O)[O-])cnn1Cc1cc(F)ccc1Br. The Morgan fingerprint density at radius 3 is 2.89 bits per heavy atom. The van der Waals surface area contributed by atoms with E-state index in [1.165, 1.54) is 16.8 Å². The van der Waals surface area contributed by atoms with Gasteiger partial charge in [0.2, 0.25) is 5.82 Å². The van der Waals surface area contributed by atoms with Gasteiger partial charge in [-0.3, -0.25) is 10.1 Å². The van der Waals surface area contributed by atoms with Crippen molar-refractivity contribution in [1.82, 2.24) is 9.78 Å². The Balaban J connectivity index is 2.34. The van der Waals surface area contributed by atoms with Crippen LogP contribution in [0, 0.1) is 15.9 Å². The van der Waals surface area contributed by atoms with Crippen LogP contribution in [0.2, 0.25) is 0 Å². The standard InChI is InChI=1S/C10H8BrFN4O2/c11-8-2-1-7(12)3-6(8)5-15-10(13)9(4-14-15)16(17)18/h1-4H,5,13H2. The second-order valence-electron chi connectivity index (χ2n) is 3.57. The number of halogens is 2. The minimum Gasteiger partial charge on any atom is -0.378 e. The predicted octanol–water partition coefficient (Wildman–Crippen LogP) is 2.32. The van der Waals surface area contributed by atoms with Gasteiger partial charge in [-0.05, 0) is 23.8 Å². The molecule has 0 atom stereocenters. The van der Waals surface area contributed by atoms with E-state index in [4.69, 9.17) is 5.73 Å². The van der Waals surface area contributed by atoms with Crippen LogP contribution in [0.3, 0.4) is 0 Å². The van der Waals surface area contributed by atoms with Gasteiger partial charge in [-0.15, -0.1) is 0 Å². The van der Waals surface area contributed by atoms with Crippen molar-refractivity contribution in [2.75, 3.05) is 5.73 Å². The maximum Gasteiger partial charge on any atom is 0.330 e. The number of nitrogens with zero attached hydrogens (tertiary/aromatic N) is 3. The fraction of sp³-hybridized carbons (Fsp3) is 0.100. The molecule has 2 rings (SSSR count). The molecule has 0 radical (unpaired) electrons. The predicted molar refractivity (Wildman–Crippen MR) is 66.5 cm³/mol. The lowest BCUT2D eigenvalue weighted by atomic mass is 10.2. The molecular weight excluding hydrogens is 307 g/mol. The van der Waals surface area contributed by atoms with Gasteiger partial charge in [0.05, 0.1) is 11.5 Å². The Bertz CT molecular complexity index is 614. The van der Waals surface area contributed by atoms with Gasteiger partial charge in [-0.2, -0.15) is 5.10 Å². The molecule has 0 saturated carbocycles. The fourth-order valence-corrected chi connectivity index (χ4v) is 1.85. The third-order valence-electron chi connectivity index (χ3n) is 2.38. The van der Waals surface area contributed by atoms with Crippen LogP contribution in [0.1, 0.15) is 5.56 Å². The van der Waals surface area contributed by atoms with Crippen molar-refractivity contribution < 1.29 is 9.31 Å². The summed E-state index contributed by atoms with van der Waals surface area (Å²) in [6.07, 6.45) is 1.07. The molecule has 2 N–H and O–H groups in total. The van der Waals surface area contributed by atoms with Crippen molar-refractivity contribution in [2.24, 2.45) is 0 Å². The molecule has 94 valence electrons. The summed E-state index contributed by atoms with van der Waals surface area (Å²) >= 11 is 3.27. The van der Waals surface area contributed by atoms with Crippen LogP contribution in [0.5, 0.6) is 0 Å². The molecule has 0 unspecified atom stereocenters. The Labute approximate surface area is 109 Å². The van der Waals surface area contributed by atoms with Crippen LogP contribution in [0.4, 0.5) is 15.9 Å². The zero-order valence-electron chi connectivity index (χ0n) is 9.01. The molecule has 6 nitrogen and oxygen atoms in total. The summed E-state index contributed by atoms with van der Waals surface area (Å²) < 4.78 is 15.0. The number of aromatic nitrogens is 2. The van der Waals surface area contributed by atoms with Crippen molar-refractivity contribution in [3.8, 4) is 0 Å². The first kappa shape index (κ1) is 12.5. The van der Waals surface area contributed by atoms with E-state index in [1.807, 2.05) is 0 Å². The molecule has 1 aromatic heterocycles. The molecule has 0 saturated heterocycles. The van der Waals surface area contributed by atoms with Gasteiger partial charge in [-0.1, -0.05) is 15.9 Å². The van der Waals surface area contributed by atoms with Gasteiger partial charge in [-0.25, -0.2) is 9.07 Å². The van der Waals surface area contributed by atoms with Crippen molar-refractivity contribution in [3.05, 3.63) is 50.4 Å². The van der Waals surface area contributed by atoms with Gasteiger partial charge >= 0.3 is 5.69 Å². The van der Waals surface area contributed by atoms with E-state index in [0.717, 1.165) is 6.20 Å². The van der Waals surface area contributed by atoms with Crippen LogP contribution < -0.4 is 5.73 Å². The molecular formula is C10H8BrFN4O2. The zero-order chi connectivity index (χ0) is 13.3. The Hall–Kier alpha value is -1.96. The molecule has 18 heavy (non-hydrogen) atoms. The minimum atomic E-state index is -0.612. The molecule has 0 fully saturated rings. The summed E-state index contributed by atoms with van der Waals surface area (Å²) in [6, 6.07) is 4.18. The first-order valence-electron chi connectivity index (χ1n) is 4.88. The topological polar surface area (TPSA) is 87.0 Å². The third-order valence-corrected chi connectivity index (χ3v) is 3.16. The van der Waals surface area contributed by atoms with Crippen molar-refractivity contribution in [3.63, 3.8) is 0 Å². The summed E-state index contributed by atoms with van der Waals surface area (Å²) in [5.41, 5.74) is 5.93. The third kappa shape index (κ3) is 2.33. The number of nitrogens with two attached hydrogens (primary N) is 1. The Morgan fingerprint density at radius 2 is 2.28 bits per heavy atom. The van der Waals surface area contributed by atoms with Crippen LogP contribution in [0.25, 0.3) is 0 Å². The highest BCUT2D eigenvalue weighted by atomic mass is 79.9. The van der Waals surface area contributed by atoms with Crippen molar-refractivity contribution in [1.29, 1.82) is 0 Å². The average molecular weight is 315 g/mol. The van der Waals surface area contributed by atoms with E-state index >= 15 is 0 Å². The highest BCUT2D eigenvalue weighted by molar-refractivity contribution is 9.10. The molecule has 0 spiro atoms. The second-order valence-corrected chi connectivity index (χ2v) is 4.42. The monoisotopic (exact) mass is 314 g/mol. The Morgan fingerprint density at radius 1 is 1.56 bits per heavy atom. The van der Waals surface area contributed by atoms with Crippen LogP contribution in [-0.2, 0) is 6.54 Å². The minimum absolute atomic E-state index is 0.0591. The Kier molecular flexibility index (Phi) is 3.28. The summed E-state index contributed by atoms with van der Waals surface area (Å²) in [5, 5.41) is 14.4. The van der Waals surface area contributed by atoms with Crippen LogP contribution in [0.15, 0.2) is 28.9 Å². The smallest absolute Gasteiger partial charge is 0.330 e. The van der Waals surface area contributed by atoms with Gasteiger partial charge < -0.3 is 5.73 Å². The molecule has 2 aromatic rings. The van der Waals surface area contributed by atoms with Gasteiger partial charge in [0.1, 0.15) is 12.0 Å². The van der Waals surface area contributed by atoms with E-state index in [2.05, 4.69) is 21.0 Å². The number of hydrogen-bond acceptors (Lipinski definition) is 4. The van der Waals surface area contributed by atoms with Crippen molar-refractivity contribution in [2.45, 2.75) is 6.54 Å². The number of rotatable bonds is 3. The number of benzene rings is 1. The molecule has 8 heteroatoms. The maximum atomic E-state index is 13.1. The molecule has 0 aliphatic rings. The number of nitro groups is 1. The molecule has 1 aromatic carbocycles. The number of anilines is 1. The van der Waals surface area contributed by atoms with Crippen LogP contribution >= 0.6 is 15.9 Å². The van der Waals surface area contributed by atoms with E-state index in [1.54, 1.807) is 6.07 Å². The molecule has 0 amide bonds. The highest BCUT2D eigenvalue weighted by Gasteiger charge is 2.18. The average Bonchev–Trinajstić information content (AvgIpc) is 2.66. The molecule has 1 heterocycles. The summed E-state index contributed by atoms with van der Waals surface area (Å²) in [6.45, 7) is 0.151. The van der Waals surface area contributed by atoms with Gasteiger partial charge in [0, 0.05) is 4.47 Å². The first-order chi connectivity index (χ1) is 8.49. The lowest BCUT2D eigenvalue weighted by Gasteiger charge is -2.06. The highest BCUT2D eigenvalue weighted by Crippen LogP contribution is 2.23. The fourth-order valence-electron chi connectivity index (χ4n) is 1.48. The number of nitrogen functional groups attached to an aromatic ring is 1. The summed E-state index contributed by atoms with van der Waals surface area (Å²) in [7, 11) is 0.